The van der Waals surface area contributed by atoms with Crippen LogP contribution in [-0.2, 0) is 13.0 Å². The van der Waals surface area contributed by atoms with E-state index in [0.717, 1.165) is 36.6 Å². The molecule has 6 heteroatoms. The Morgan fingerprint density at radius 2 is 2.16 bits per heavy atom. The van der Waals surface area contributed by atoms with Gasteiger partial charge in [0.2, 0.25) is 5.76 Å². The molecule has 4 aromatic heterocycles. The number of nitrogens with zero attached hydrogens (tertiary/aromatic N) is 2. The van der Waals surface area contributed by atoms with Crippen LogP contribution in [0.15, 0.2) is 62.5 Å². The third-order valence-electron chi connectivity index (χ3n) is 4.64. The average Bonchev–Trinajstić information content (AvgIpc) is 3.40. The summed E-state index contributed by atoms with van der Waals surface area (Å²) in [6.07, 6.45) is 4.57. The number of hydrogen-bond acceptors (Lipinski definition) is 6. The molecule has 1 aliphatic heterocycles. The first-order valence-electron chi connectivity index (χ1n) is 8.21. The van der Waals surface area contributed by atoms with E-state index in [0.29, 0.717) is 6.04 Å². The minimum atomic E-state index is 0.300. The Kier molecular flexibility index (Phi) is 3.81. The monoisotopic (exact) mass is 368 g/mol. The van der Waals surface area contributed by atoms with Gasteiger partial charge in [-0.25, -0.2) is 0 Å². The van der Waals surface area contributed by atoms with Crippen molar-refractivity contribution in [2.45, 2.75) is 19.0 Å². The maximum Gasteiger partial charge on any atom is 0.206 e. The van der Waals surface area contributed by atoms with Crippen molar-refractivity contribution < 1.29 is 8.94 Å². The maximum atomic E-state index is 5.50. The van der Waals surface area contributed by atoms with Gasteiger partial charge in [-0.1, -0.05) is 11.2 Å². The highest BCUT2D eigenvalue weighted by Gasteiger charge is 2.31. The standard InChI is InChI=1S/C19H16N2O2S2/c1-3-15(22-8-1)19-13(11-20-23-19)12-21-7-5-16-14(6-10-25-16)18(21)17-4-2-9-24-17/h1-4,6,8-11,18H,5,7,12H2/t18-/m1/s1. The van der Waals surface area contributed by atoms with Crippen molar-refractivity contribution in [3.05, 3.63) is 74.4 Å². The van der Waals surface area contributed by atoms with Crippen LogP contribution in [-0.4, -0.2) is 16.6 Å². The van der Waals surface area contributed by atoms with Crippen LogP contribution >= 0.6 is 22.7 Å². The zero-order valence-electron chi connectivity index (χ0n) is 13.4. The highest BCUT2D eigenvalue weighted by Crippen LogP contribution is 2.40. The Balaban J connectivity index is 1.51. The van der Waals surface area contributed by atoms with Crippen LogP contribution in [0, 0.1) is 0 Å². The number of thiophene rings is 2. The fourth-order valence-electron chi connectivity index (χ4n) is 3.52. The normalized spacial score (nSPS) is 17.7. The zero-order valence-corrected chi connectivity index (χ0v) is 15.1. The molecule has 0 aliphatic carbocycles. The third kappa shape index (κ3) is 2.66. The summed E-state index contributed by atoms with van der Waals surface area (Å²) in [6.45, 7) is 1.82. The minimum absolute atomic E-state index is 0.300. The van der Waals surface area contributed by atoms with E-state index in [2.05, 4.69) is 39.0 Å². The van der Waals surface area contributed by atoms with Gasteiger partial charge in [0, 0.05) is 28.4 Å². The zero-order chi connectivity index (χ0) is 16.6. The van der Waals surface area contributed by atoms with Crippen LogP contribution in [0.2, 0.25) is 0 Å². The fraction of sp³-hybridized carbons (Fsp3) is 0.211. The van der Waals surface area contributed by atoms with Gasteiger partial charge in [-0.2, -0.15) is 0 Å². The first kappa shape index (κ1) is 15.1. The van der Waals surface area contributed by atoms with Crippen LogP contribution < -0.4 is 0 Å². The summed E-state index contributed by atoms with van der Waals surface area (Å²) in [5.41, 5.74) is 2.50. The van der Waals surface area contributed by atoms with E-state index < -0.39 is 0 Å². The van der Waals surface area contributed by atoms with E-state index in [1.54, 1.807) is 6.26 Å². The molecule has 25 heavy (non-hydrogen) atoms. The van der Waals surface area contributed by atoms with Crippen molar-refractivity contribution in [2.24, 2.45) is 0 Å². The lowest BCUT2D eigenvalue weighted by Gasteiger charge is -2.35. The van der Waals surface area contributed by atoms with E-state index in [1.165, 1.54) is 15.3 Å². The summed E-state index contributed by atoms with van der Waals surface area (Å²) >= 11 is 3.69. The van der Waals surface area contributed by atoms with Crippen LogP contribution in [0.3, 0.4) is 0 Å². The van der Waals surface area contributed by atoms with E-state index >= 15 is 0 Å². The lowest BCUT2D eigenvalue weighted by Crippen LogP contribution is -2.34. The van der Waals surface area contributed by atoms with E-state index in [4.69, 9.17) is 8.94 Å². The molecule has 0 bridgehead atoms. The molecule has 4 nitrogen and oxygen atoms in total. The summed E-state index contributed by atoms with van der Waals surface area (Å²) < 4.78 is 11.0. The number of rotatable bonds is 4. The van der Waals surface area contributed by atoms with Gasteiger partial charge in [0.05, 0.1) is 18.5 Å². The molecule has 0 amide bonds. The lowest BCUT2D eigenvalue weighted by atomic mass is 9.98. The summed E-state index contributed by atoms with van der Waals surface area (Å²) in [4.78, 5) is 5.40. The summed E-state index contributed by atoms with van der Waals surface area (Å²) in [7, 11) is 0. The van der Waals surface area contributed by atoms with Crippen LogP contribution in [0.1, 0.15) is 26.9 Å². The number of aromatic nitrogens is 1. The Bertz CT molecular complexity index is 954. The van der Waals surface area contributed by atoms with Gasteiger partial charge in [-0.3, -0.25) is 4.90 Å². The van der Waals surface area contributed by atoms with Crippen molar-refractivity contribution in [2.75, 3.05) is 6.54 Å². The first-order chi connectivity index (χ1) is 12.4. The molecular weight excluding hydrogens is 352 g/mol. The van der Waals surface area contributed by atoms with Crippen molar-refractivity contribution >= 4 is 22.7 Å². The highest BCUT2D eigenvalue weighted by atomic mass is 32.1. The Morgan fingerprint density at radius 1 is 1.16 bits per heavy atom. The molecule has 126 valence electrons. The molecule has 4 aromatic rings. The van der Waals surface area contributed by atoms with E-state index in [1.807, 2.05) is 41.0 Å². The van der Waals surface area contributed by atoms with Crippen molar-refractivity contribution in [3.8, 4) is 11.5 Å². The Labute approximate surface area is 153 Å². The van der Waals surface area contributed by atoms with Gasteiger partial charge >= 0.3 is 0 Å². The molecule has 0 unspecified atom stereocenters. The smallest absolute Gasteiger partial charge is 0.206 e. The number of furan rings is 1. The number of hydrogen-bond donors (Lipinski definition) is 0. The molecule has 0 aromatic carbocycles. The quantitative estimate of drug-likeness (QED) is 0.496. The predicted molar refractivity (Wildman–Crippen MR) is 98.8 cm³/mol. The fourth-order valence-corrected chi connectivity index (χ4v) is 5.30. The van der Waals surface area contributed by atoms with Gasteiger partial charge in [0.15, 0.2) is 5.76 Å². The molecule has 0 radical (unpaired) electrons. The molecule has 1 aliphatic rings. The second-order valence-electron chi connectivity index (χ2n) is 6.10. The third-order valence-corrected chi connectivity index (χ3v) is 6.56. The molecular formula is C19H16N2O2S2. The van der Waals surface area contributed by atoms with Gasteiger partial charge in [-0.05, 0) is 47.0 Å². The van der Waals surface area contributed by atoms with Gasteiger partial charge in [0.1, 0.15) is 0 Å². The minimum Gasteiger partial charge on any atom is -0.461 e. The molecule has 0 N–H and O–H groups in total. The van der Waals surface area contributed by atoms with Crippen LogP contribution in [0.25, 0.3) is 11.5 Å². The van der Waals surface area contributed by atoms with Crippen LogP contribution in [0.5, 0.6) is 0 Å². The Morgan fingerprint density at radius 3 is 3.00 bits per heavy atom. The van der Waals surface area contributed by atoms with Gasteiger partial charge in [0.25, 0.3) is 0 Å². The molecule has 0 saturated heterocycles. The molecule has 1 atom stereocenters. The largest absolute Gasteiger partial charge is 0.461 e. The summed E-state index contributed by atoms with van der Waals surface area (Å²) in [6, 6.07) is 10.7. The van der Waals surface area contributed by atoms with Crippen LogP contribution in [0.4, 0.5) is 0 Å². The molecule has 0 saturated carbocycles. The molecule has 5 heterocycles. The molecule has 0 spiro atoms. The van der Waals surface area contributed by atoms with E-state index in [9.17, 15) is 0 Å². The van der Waals surface area contributed by atoms with Gasteiger partial charge in [-0.15, -0.1) is 22.7 Å². The van der Waals surface area contributed by atoms with Crippen molar-refractivity contribution in [1.29, 1.82) is 0 Å². The number of fused-ring (bicyclic) bond motifs is 1. The molecule has 0 fully saturated rings. The average molecular weight is 368 g/mol. The SMILES string of the molecule is c1coc(-c2oncc2CN2CCc3sccc3[C@@H]2c2cccs2)c1. The van der Waals surface area contributed by atoms with Gasteiger partial charge < -0.3 is 8.94 Å². The van der Waals surface area contributed by atoms with E-state index in [-0.39, 0.29) is 0 Å². The Hall–Kier alpha value is -2.15. The topological polar surface area (TPSA) is 42.4 Å². The second kappa shape index (κ2) is 6.29. The predicted octanol–water partition coefficient (Wildman–Crippen LogP) is 5.21. The van der Waals surface area contributed by atoms with Crippen molar-refractivity contribution in [1.82, 2.24) is 10.1 Å². The summed E-state index contributed by atoms with van der Waals surface area (Å²) in [5.74, 6) is 1.46. The second-order valence-corrected chi connectivity index (χ2v) is 8.07. The van der Waals surface area contributed by atoms with Crippen molar-refractivity contribution in [3.63, 3.8) is 0 Å². The first-order valence-corrected chi connectivity index (χ1v) is 9.97. The highest BCUT2D eigenvalue weighted by molar-refractivity contribution is 7.10. The molecule has 5 rings (SSSR count). The maximum absolute atomic E-state index is 5.50. The summed E-state index contributed by atoms with van der Waals surface area (Å²) in [5, 5.41) is 8.37. The lowest BCUT2D eigenvalue weighted by molar-refractivity contribution is 0.208.